The summed E-state index contributed by atoms with van der Waals surface area (Å²) in [4.78, 5) is 35.1. The molecule has 0 aliphatic rings. The minimum absolute atomic E-state index is 0.0184. The third-order valence-electron chi connectivity index (χ3n) is 3.81. The average Bonchev–Trinajstić information content (AvgIpc) is 2.53. The summed E-state index contributed by atoms with van der Waals surface area (Å²) in [5, 5.41) is -1.26. The van der Waals surface area contributed by atoms with E-state index in [0.717, 1.165) is 10.1 Å². The van der Waals surface area contributed by atoms with Crippen molar-refractivity contribution in [2.45, 2.75) is 26.7 Å². The van der Waals surface area contributed by atoms with Gasteiger partial charge in [0.05, 0.1) is 16.4 Å². The first kappa shape index (κ1) is 17.6. The van der Waals surface area contributed by atoms with Gasteiger partial charge in [-0.1, -0.05) is 37.0 Å². The Morgan fingerprint density at radius 2 is 1.96 bits per heavy atom. The number of halogens is 3. The first-order valence-corrected chi connectivity index (χ1v) is 8.15. The van der Waals surface area contributed by atoms with Crippen LogP contribution in [0.1, 0.15) is 31.0 Å². The van der Waals surface area contributed by atoms with Gasteiger partial charge in [0.15, 0.2) is 16.6 Å². The molecule has 0 aliphatic carbocycles. The van der Waals surface area contributed by atoms with E-state index in [2.05, 4.69) is 15.0 Å². The van der Waals surface area contributed by atoms with Crippen molar-refractivity contribution in [1.82, 2.24) is 19.5 Å². The van der Waals surface area contributed by atoms with Gasteiger partial charge in [0.2, 0.25) is 0 Å². The van der Waals surface area contributed by atoms with Gasteiger partial charge in [0.25, 0.3) is 5.56 Å². The molecule has 0 fully saturated rings. The summed E-state index contributed by atoms with van der Waals surface area (Å²) in [6.45, 7) is 5.62. The molecule has 0 spiro atoms. The first-order chi connectivity index (χ1) is 11.7. The van der Waals surface area contributed by atoms with E-state index in [4.69, 9.17) is 23.2 Å². The molecule has 0 bridgehead atoms. The predicted octanol–water partition coefficient (Wildman–Crippen LogP) is 3.35. The number of rotatable bonds is 2. The monoisotopic (exact) mass is 382 g/mol. The van der Waals surface area contributed by atoms with Crippen molar-refractivity contribution in [2.75, 3.05) is 0 Å². The van der Waals surface area contributed by atoms with Gasteiger partial charge in [0, 0.05) is 6.20 Å². The smallest absolute Gasteiger partial charge is 0.273 e. The van der Waals surface area contributed by atoms with Crippen molar-refractivity contribution in [3.8, 4) is 5.69 Å². The van der Waals surface area contributed by atoms with E-state index in [-0.39, 0.29) is 17.0 Å². The SMILES string of the molecule is Cc1ccnc(C(C)C)c1-n1c(=O)[nH]c(=O)c2c(Cl)c(F)c(Cl)nc21. The van der Waals surface area contributed by atoms with Gasteiger partial charge in [-0.25, -0.2) is 18.7 Å². The van der Waals surface area contributed by atoms with Crippen LogP contribution >= 0.6 is 23.2 Å². The highest BCUT2D eigenvalue weighted by Gasteiger charge is 2.22. The summed E-state index contributed by atoms with van der Waals surface area (Å²) >= 11 is 11.7. The molecule has 130 valence electrons. The van der Waals surface area contributed by atoms with Gasteiger partial charge < -0.3 is 0 Å². The molecule has 0 unspecified atom stereocenters. The van der Waals surface area contributed by atoms with Crippen LogP contribution in [-0.2, 0) is 0 Å². The molecule has 9 heteroatoms. The second-order valence-corrected chi connectivity index (χ2v) is 6.58. The molecule has 0 aromatic carbocycles. The van der Waals surface area contributed by atoms with Gasteiger partial charge in [-0.05, 0) is 24.5 Å². The predicted molar refractivity (Wildman–Crippen MR) is 94.6 cm³/mol. The number of aryl methyl sites for hydroxylation is 1. The van der Waals surface area contributed by atoms with E-state index < -0.39 is 27.2 Å². The summed E-state index contributed by atoms with van der Waals surface area (Å²) in [7, 11) is 0. The Bertz CT molecular complexity index is 1120. The molecule has 0 saturated carbocycles. The average molecular weight is 383 g/mol. The molecule has 6 nitrogen and oxygen atoms in total. The zero-order chi connectivity index (χ0) is 18.5. The zero-order valence-corrected chi connectivity index (χ0v) is 15.0. The molecule has 0 amide bonds. The Balaban J connectivity index is 2.61. The van der Waals surface area contributed by atoms with Crippen LogP contribution in [0.3, 0.4) is 0 Å². The van der Waals surface area contributed by atoms with E-state index in [9.17, 15) is 14.0 Å². The van der Waals surface area contributed by atoms with Crippen LogP contribution in [0.15, 0.2) is 21.9 Å². The van der Waals surface area contributed by atoms with Crippen LogP contribution in [-0.4, -0.2) is 19.5 Å². The third kappa shape index (κ3) is 2.73. The number of nitrogens with one attached hydrogen (secondary N) is 1. The minimum atomic E-state index is -1.02. The standard InChI is InChI=1S/C16H13Cl2FN4O2/c1-6(2)11-12(7(3)4-5-20-11)23-14-8(15(24)22-16(23)25)9(17)10(19)13(18)21-14/h4-6H,1-3H3,(H,22,24,25). The van der Waals surface area contributed by atoms with Gasteiger partial charge >= 0.3 is 5.69 Å². The summed E-state index contributed by atoms with van der Waals surface area (Å²) in [6.07, 6.45) is 1.63. The van der Waals surface area contributed by atoms with Gasteiger partial charge in [-0.15, -0.1) is 0 Å². The van der Waals surface area contributed by atoms with Crippen molar-refractivity contribution in [2.24, 2.45) is 0 Å². The number of fused-ring (bicyclic) bond motifs is 1. The maximum atomic E-state index is 14.0. The van der Waals surface area contributed by atoms with Crippen LogP contribution in [0.5, 0.6) is 0 Å². The molecular formula is C16H13Cl2FN4O2. The Hall–Kier alpha value is -2.25. The lowest BCUT2D eigenvalue weighted by Crippen LogP contribution is -2.31. The number of pyridine rings is 2. The number of hydrogen-bond donors (Lipinski definition) is 1. The van der Waals surface area contributed by atoms with E-state index in [1.807, 2.05) is 13.8 Å². The van der Waals surface area contributed by atoms with E-state index >= 15 is 0 Å². The van der Waals surface area contributed by atoms with Crippen LogP contribution in [0.4, 0.5) is 4.39 Å². The molecule has 3 rings (SSSR count). The fourth-order valence-electron chi connectivity index (χ4n) is 2.66. The lowest BCUT2D eigenvalue weighted by molar-refractivity contribution is 0.624. The molecule has 3 aromatic rings. The molecule has 0 atom stereocenters. The molecule has 25 heavy (non-hydrogen) atoms. The topological polar surface area (TPSA) is 80.6 Å². The maximum Gasteiger partial charge on any atom is 0.334 e. The summed E-state index contributed by atoms with van der Waals surface area (Å²) in [5.74, 6) is -1.03. The Labute approximate surface area is 151 Å². The maximum absolute atomic E-state index is 14.0. The second-order valence-electron chi connectivity index (χ2n) is 5.84. The number of aromatic nitrogens is 4. The highest BCUT2D eigenvalue weighted by atomic mass is 35.5. The van der Waals surface area contributed by atoms with Crippen LogP contribution < -0.4 is 11.2 Å². The van der Waals surface area contributed by atoms with Crippen molar-refractivity contribution < 1.29 is 4.39 Å². The number of nitrogens with zero attached hydrogens (tertiary/aromatic N) is 3. The summed E-state index contributed by atoms with van der Waals surface area (Å²) < 4.78 is 15.1. The lowest BCUT2D eigenvalue weighted by Gasteiger charge is -2.17. The normalized spacial score (nSPS) is 11.5. The second kappa shape index (κ2) is 6.24. The minimum Gasteiger partial charge on any atom is -0.273 e. The Morgan fingerprint density at radius 3 is 2.60 bits per heavy atom. The zero-order valence-electron chi connectivity index (χ0n) is 13.5. The molecule has 0 aliphatic heterocycles. The van der Waals surface area contributed by atoms with E-state index in [1.54, 1.807) is 19.2 Å². The van der Waals surface area contributed by atoms with Crippen molar-refractivity contribution in [3.63, 3.8) is 0 Å². The first-order valence-electron chi connectivity index (χ1n) is 7.39. The molecule has 1 N–H and O–H groups in total. The molecule has 3 aromatic heterocycles. The quantitative estimate of drug-likeness (QED) is 0.689. The number of H-pyrrole nitrogens is 1. The van der Waals surface area contributed by atoms with Crippen LogP contribution in [0.2, 0.25) is 10.2 Å². The van der Waals surface area contributed by atoms with E-state index in [1.165, 1.54) is 0 Å². The van der Waals surface area contributed by atoms with Crippen LogP contribution in [0, 0.1) is 12.7 Å². The Morgan fingerprint density at radius 1 is 1.28 bits per heavy atom. The molecular weight excluding hydrogens is 370 g/mol. The molecule has 0 saturated heterocycles. The Kier molecular flexibility index (Phi) is 4.38. The van der Waals surface area contributed by atoms with Gasteiger partial charge in [-0.3, -0.25) is 14.8 Å². The summed E-state index contributed by atoms with van der Waals surface area (Å²) in [5.41, 5.74) is 0.109. The van der Waals surface area contributed by atoms with Gasteiger partial charge in [0.1, 0.15) is 5.39 Å². The molecule has 3 heterocycles. The molecule has 0 radical (unpaired) electrons. The largest absolute Gasteiger partial charge is 0.334 e. The van der Waals surface area contributed by atoms with E-state index in [0.29, 0.717) is 11.4 Å². The van der Waals surface area contributed by atoms with Gasteiger partial charge in [-0.2, -0.15) is 0 Å². The van der Waals surface area contributed by atoms with Crippen LogP contribution in [0.25, 0.3) is 16.7 Å². The summed E-state index contributed by atoms with van der Waals surface area (Å²) in [6, 6.07) is 1.72. The fourth-order valence-corrected chi connectivity index (χ4v) is 3.15. The third-order valence-corrected chi connectivity index (χ3v) is 4.41. The number of hydrogen-bond acceptors (Lipinski definition) is 4. The van der Waals surface area contributed by atoms with Crippen molar-refractivity contribution in [1.29, 1.82) is 0 Å². The van der Waals surface area contributed by atoms with Crippen molar-refractivity contribution in [3.05, 3.63) is 60.4 Å². The fraction of sp³-hybridized carbons (Fsp3) is 0.250. The lowest BCUT2D eigenvalue weighted by atomic mass is 10.0. The number of aromatic amines is 1. The van der Waals surface area contributed by atoms with Crippen molar-refractivity contribution >= 4 is 34.2 Å². The highest BCUT2D eigenvalue weighted by molar-refractivity contribution is 6.37. The highest BCUT2D eigenvalue weighted by Crippen LogP contribution is 2.29.